The zero-order valence-corrected chi connectivity index (χ0v) is 14.1. The molecule has 1 amide bonds. The van der Waals surface area contributed by atoms with Crippen LogP contribution >= 0.6 is 0 Å². The van der Waals surface area contributed by atoms with Crippen LogP contribution in [-0.4, -0.2) is 28.9 Å². The minimum absolute atomic E-state index is 0.00767. The number of nitrogens with one attached hydrogen (secondary N) is 1. The number of nitriles is 1. The third kappa shape index (κ3) is 3.31. The number of guanidine groups is 1. The Morgan fingerprint density at radius 2 is 2.22 bits per heavy atom. The zero-order chi connectivity index (χ0) is 16.6. The maximum Gasteiger partial charge on any atom is 0.227 e. The first-order valence-corrected chi connectivity index (χ1v) is 8.36. The van der Waals surface area contributed by atoms with Gasteiger partial charge in [0.2, 0.25) is 11.9 Å². The van der Waals surface area contributed by atoms with E-state index in [1.165, 1.54) is 6.42 Å². The molecule has 122 valence electrons. The molecule has 1 saturated carbocycles. The van der Waals surface area contributed by atoms with Crippen molar-refractivity contribution < 1.29 is 4.79 Å². The van der Waals surface area contributed by atoms with Gasteiger partial charge in [-0.25, -0.2) is 4.99 Å². The van der Waals surface area contributed by atoms with Crippen molar-refractivity contribution in [2.75, 3.05) is 0 Å². The molecule has 3 aliphatic rings. The third-order valence-corrected chi connectivity index (χ3v) is 4.50. The fourth-order valence-electron chi connectivity index (χ4n) is 3.20. The van der Waals surface area contributed by atoms with E-state index < -0.39 is 0 Å². The van der Waals surface area contributed by atoms with Gasteiger partial charge < -0.3 is 4.90 Å². The second-order valence-corrected chi connectivity index (χ2v) is 7.79. The van der Waals surface area contributed by atoms with E-state index in [1.54, 1.807) is 0 Å². The summed E-state index contributed by atoms with van der Waals surface area (Å²) in [5.74, 6) is 0.682. The van der Waals surface area contributed by atoms with E-state index in [4.69, 9.17) is 10.3 Å². The summed E-state index contributed by atoms with van der Waals surface area (Å²) in [6, 6.07) is 2.66. The molecule has 0 aromatic carbocycles. The Bertz CT molecular complexity index is 641. The van der Waals surface area contributed by atoms with Crippen molar-refractivity contribution in [3.8, 4) is 6.07 Å². The molecule has 5 nitrogen and oxygen atoms in total. The first-order valence-electron chi connectivity index (χ1n) is 8.36. The first kappa shape index (κ1) is 15.8. The molecule has 1 aliphatic heterocycles. The summed E-state index contributed by atoms with van der Waals surface area (Å²) in [4.78, 5) is 19.2. The molecule has 1 N–H and O–H groups in total. The molecule has 3 rings (SSSR count). The van der Waals surface area contributed by atoms with E-state index >= 15 is 0 Å². The third-order valence-electron chi connectivity index (χ3n) is 4.50. The van der Waals surface area contributed by atoms with Crippen molar-refractivity contribution in [1.82, 2.24) is 10.2 Å². The maximum absolute atomic E-state index is 12.3. The molecule has 0 aromatic heterocycles. The molecule has 0 radical (unpaired) electrons. The summed E-state index contributed by atoms with van der Waals surface area (Å²) >= 11 is 0. The van der Waals surface area contributed by atoms with Gasteiger partial charge in [-0.2, -0.15) is 5.26 Å². The van der Waals surface area contributed by atoms with Crippen molar-refractivity contribution in [2.45, 2.75) is 65.0 Å². The lowest BCUT2D eigenvalue weighted by molar-refractivity contribution is -0.121. The second-order valence-electron chi connectivity index (χ2n) is 7.79. The van der Waals surface area contributed by atoms with Crippen molar-refractivity contribution in [1.29, 1.82) is 5.26 Å². The van der Waals surface area contributed by atoms with Crippen LogP contribution in [-0.2, 0) is 4.79 Å². The van der Waals surface area contributed by atoms with Crippen LogP contribution in [0.25, 0.3) is 0 Å². The quantitative estimate of drug-likeness (QED) is 0.852. The molecule has 0 bridgehead atoms. The lowest BCUT2D eigenvalue weighted by atomic mass is 9.89. The van der Waals surface area contributed by atoms with Gasteiger partial charge in [0.25, 0.3) is 0 Å². The standard InChI is InChI=1S/C18H24N4O/c1-18(2,3)10-16(23)21-17-20-14-8-7-12(11-19)9-15(14)22(17)13-5-4-6-13/h7,9,13-14H,4-6,8,10H2,1-3H3,(H,20,21,23). The zero-order valence-electron chi connectivity index (χ0n) is 14.1. The van der Waals surface area contributed by atoms with Gasteiger partial charge in [-0.1, -0.05) is 26.8 Å². The largest absolute Gasteiger partial charge is 0.311 e. The van der Waals surface area contributed by atoms with Gasteiger partial charge in [0.05, 0.1) is 12.1 Å². The number of fused-ring (bicyclic) bond motifs is 1. The number of carbonyl (C=O) groups excluding carboxylic acids is 1. The highest BCUT2D eigenvalue weighted by molar-refractivity contribution is 5.99. The summed E-state index contributed by atoms with van der Waals surface area (Å²) in [6.45, 7) is 6.16. The Morgan fingerprint density at radius 3 is 2.78 bits per heavy atom. The Morgan fingerprint density at radius 1 is 1.48 bits per heavy atom. The van der Waals surface area contributed by atoms with Crippen LogP contribution in [0.1, 0.15) is 52.9 Å². The first-order chi connectivity index (χ1) is 10.9. The lowest BCUT2D eigenvalue weighted by Crippen LogP contribution is -2.49. The molecular weight excluding hydrogens is 288 g/mol. The fraction of sp³-hybridized carbons (Fsp3) is 0.611. The van der Waals surface area contributed by atoms with E-state index in [1.807, 2.05) is 12.2 Å². The highest BCUT2D eigenvalue weighted by Gasteiger charge is 2.39. The van der Waals surface area contributed by atoms with Crippen molar-refractivity contribution in [3.05, 3.63) is 23.4 Å². The Hall–Kier alpha value is -2.09. The SMILES string of the molecule is CC(C)(C)CC(=O)NC1=NC2CC=C(C#N)C=C2N1C1CCC1. The average molecular weight is 312 g/mol. The molecule has 0 saturated heterocycles. The van der Waals surface area contributed by atoms with E-state index in [-0.39, 0.29) is 17.4 Å². The topological polar surface area (TPSA) is 68.5 Å². The van der Waals surface area contributed by atoms with Gasteiger partial charge in [0.15, 0.2) is 0 Å². The summed E-state index contributed by atoms with van der Waals surface area (Å²) in [7, 11) is 0. The summed E-state index contributed by atoms with van der Waals surface area (Å²) in [5, 5.41) is 12.2. The van der Waals surface area contributed by atoms with Crippen molar-refractivity contribution in [2.24, 2.45) is 10.4 Å². The average Bonchev–Trinajstić information content (AvgIpc) is 2.72. The smallest absolute Gasteiger partial charge is 0.227 e. The maximum atomic E-state index is 12.3. The van der Waals surface area contributed by atoms with Crippen LogP contribution < -0.4 is 5.32 Å². The predicted molar refractivity (Wildman–Crippen MR) is 89.3 cm³/mol. The van der Waals surface area contributed by atoms with E-state index in [9.17, 15) is 4.79 Å². The number of nitrogens with zero attached hydrogens (tertiary/aromatic N) is 3. The van der Waals surface area contributed by atoms with Crippen LogP contribution in [0.5, 0.6) is 0 Å². The normalized spacial score (nSPS) is 24.0. The molecule has 1 atom stereocenters. The Labute approximate surface area is 137 Å². The number of rotatable bonds is 2. The van der Waals surface area contributed by atoms with E-state index in [0.29, 0.717) is 24.0 Å². The summed E-state index contributed by atoms with van der Waals surface area (Å²) in [6.07, 6.45) is 8.50. The van der Waals surface area contributed by atoms with Crippen molar-refractivity contribution >= 4 is 11.9 Å². The van der Waals surface area contributed by atoms with Gasteiger partial charge in [-0.05, 0) is 37.2 Å². The highest BCUT2D eigenvalue weighted by Crippen LogP contribution is 2.36. The number of hydrogen-bond donors (Lipinski definition) is 1. The van der Waals surface area contributed by atoms with Gasteiger partial charge in [0.1, 0.15) is 0 Å². The molecule has 1 heterocycles. The number of allylic oxidation sites excluding steroid dienone is 2. The highest BCUT2D eigenvalue weighted by atomic mass is 16.1. The van der Waals surface area contributed by atoms with Crippen LogP contribution in [0.15, 0.2) is 28.4 Å². The number of hydrogen-bond acceptors (Lipinski definition) is 4. The minimum Gasteiger partial charge on any atom is -0.311 e. The van der Waals surface area contributed by atoms with Crippen LogP contribution in [0, 0.1) is 16.7 Å². The number of carbonyl (C=O) groups is 1. The molecule has 23 heavy (non-hydrogen) atoms. The fourth-order valence-corrected chi connectivity index (χ4v) is 3.20. The molecule has 1 unspecified atom stereocenters. The van der Waals surface area contributed by atoms with Gasteiger partial charge >= 0.3 is 0 Å². The molecule has 0 aromatic rings. The van der Waals surface area contributed by atoms with Crippen LogP contribution in [0.3, 0.4) is 0 Å². The summed E-state index contributed by atoms with van der Waals surface area (Å²) < 4.78 is 0. The second kappa shape index (κ2) is 5.84. The van der Waals surface area contributed by atoms with E-state index in [0.717, 1.165) is 25.0 Å². The van der Waals surface area contributed by atoms with Gasteiger partial charge in [-0.15, -0.1) is 0 Å². The van der Waals surface area contributed by atoms with Crippen LogP contribution in [0.2, 0.25) is 0 Å². The van der Waals surface area contributed by atoms with Crippen molar-refractivity contribution in [3.63, 3.8) is 0 Å². The molecular formula is C18H24N4O. The summed E-state index contributed by atoms with van der Waals surface area (Å²) in [5.41, 5.74) is 1.71. The molecule has 1 fully saturated rings. The Kier molecular flexibility index (Phi) is 4.01. The number of aliphatic imine (C=N–C) groups is 1. The number of amides is 1. The monoisotopic (exact) mass is 312 g/mol. The molecule has 2 aliphatic carbocycles. The van der Waals surface area contributed by atoms with Gasteiger partial charge in [-0.3, -0.25) is 10.1 Å². The lowest BCUT2D eigenvalue weighted by Gasteiger charge is -2.38. The molecule has 0 spiro atoms. The van der Waals surface area contributed by atoms with Gasteiger partial charge in [0, 0.05) is 23.7 Å². The predicted octanol–water partition coefficient (Wildman–Crippen LogP) is 2.87. The Balaban J connectivity index is 1.80. The molecule has 5 heteroatoms. The minimum atomic E-state index is -0.0495. The van der Waals surface area contributed by atoms with Crippen LogP contribution in [0.4, 0.5) is 0 Å². The van der Waals surface area contributed by atoms with E-state index in [2.05, 4.69) is 37.1 Å².